The average Bonchev–Trinajstić information content (AvgIpc) is 2.66. The van der Waals surface area contributed by atoms with Crippen molar-refractivity contribution in [3.05, 3.63) is 17.6 Å². The van der Waals surface area contributed by atoms with Crippen molar-refractivity contribution in [1.82, 2.24) is 14.9 Å². The third-order valence-electron chi connectivity index (χ3n) is 6.36. The first kappa shape index (κ1) is 15.9. The molecule has 0 bridgehead atoms. The summed E-state index contributed by atoms with van der Waals surface area (Å²) in [5.74, 6) is 2.86. The maximum absolute atomic E-state index is 13.1. The lowest BCUT2D eigenvalue weighted by Gasteiger charge is -2.40. The minimum Gasteiger partial charge on any atom is -0.481 e. The van der Waals surface area contributed by atoms with Gasteiger partial charge in [0.1, 0.15) is 6.33 Å². The Labute approximate surface area is 143 Å². The first-order valence-electron chi connectivity index (χ1n) is 9.41. The van der Waals surface area contributed by atoms with Gasteiger partial charge >= 0.3 is 0 Å². The summed E-state index contributed by atoms with van der Waals surface area (Å²) < 4.78 is 5.37. The van der Waals surface area contributed by atoms with Gasteiger partial charge in [-0.1, -0.05) is 25.7 Å². The second-order valence-electron chi connectivity index (χ2n) is 7.63. The zero-order valence-electron chi connectivity index (χ0n) is 14.5. The van der Waals surface area contributed by atoms with E-state index in [4.69, 9.17) is 4.74 Å². The Hall–Kier alpha value is -1.65. The van der Waals surface area contributed by atoms with Crippen LogP contribution in [0.1, 0.15) is 56.2 Å². The molecule has 0 radical (unpaired) electrons. The average molecular weight is 329 g/mol. The Morgan fingerprint density at radius 3 is 2.83 bits per heavy atom. The van der Waals surface area contributed by atoms with Crippen LogP contribution in [0.25, 0.3) is 0 Å². The molecule has 1 aliphatic heterocycles. The van der Waals surface area contributed by atoms with Crippen molar-refractivity contribution < 1.29 is 9.53 Å². The van der Waals surface area contributed by atoms with Crippen molar-refractivity contribution >= 4 is 5.91 Å². The molecule has 2 heterocycles. The summed E-state index contributed by atoms with van der Waals surface area (Å²) in [4.78, 5) is 23.7. The van der Waals surface area contributed by atoms with Crippen LogP contribution in [0.4, 0.5) is 0 Å². The molecular formula is C19H27N3O2. The van der Waals surface area contributed by atoms with Gasteiger partial charge in [0.2, 0.25) is 11.8 Å². The highest BCUT2D eigenvalue weighted by Crippen LogP contribution is 2.43. The van der Waals surface area contributed by atoms with Gasteiger partial charge in [-0.2, -0.15) is 0 Å². The number of rotatable bonds is 2. The van der Waals surface area contributed by atoms with Crippen molar-refractivity contribution in [3.8, 4) is 5.88 Å². The zero-order valence-corrected chi connectivity index (χ0v) is 14.5. The summed E-state index contributed by atoms with van der Waals surface area (Å²) in [6.07, 6.45) is 11.3. The number of ether oxygens (including phenoxy) is 1. The van der Waals surface area contributed by atoms with Crippen LogP contribution in [0.5, 0.6) is 5.88 Å². The molecule has 0 aromatic carbocycles. The predicted octanol–water partition coefficient (Wildman–Crippen LogP) is 2.98. The first-order valence-corrected chi connectivity index (χ1v) is 9.41. The summed E-state index contributed by atoms with van der Waals surface area (Å²) in [5.41, 5.74) is 2.02. The minimum absolute atomic E-state index is 0.224. The molecule has 24 heavy (non-hydrogen) atoms. The molecular weight excluding hydrogens is 302 g/mol. The molecule has 130 valence electrons. The van der Waals surface area contributed by atoms with E-state index in [1.165, 1.54) is 32.1 Å². The van der Waals surface area contributed by atoms with E-state index in [0.717, 1.165) is 48.9 Å². The van der Waals surface area contributed by atoms with Crippen molar-refractivity contribution in [1.29, 1.82) is 0 Å². The summed E-state index contributed by atoms with van der Waals surface area (Å²) in [6, 6.07) is 0. The Kier molecular flexibility index (Phi) is 4.42. The first-order chi connectivity index (χ1) is 11.8. The number of carbonyl (C=O) groups excluding carboxylic acids is 1. The third kappa shape index (κ3) is 2.89. The predicted molar refractivity (Wildman–Crippen MR) is 90.5 cm³/mol. The topological polar surface area (TPSA) is 55.3 Å². The Morgan fingerprint density at radius 1 is 1.17 bits per heavy atom. The lowest BCUT2D eigenvalue weighted by molar-refractivity contribution is -0.139. The number of hydrogen-bond donors (Lipinski definition) is 0. The molecule has 1 amide bonds. The highest BCUT2D eigenvalue weighted by atomic mass is 16.5. The second kappa shape index (κ2) is 6.69. The molecule has 2 saturated carbocycles. The van der Waals surface area contributed by atoms with E-state index < -0.39 is 0 Å². The molecule has 5 nitrogen and oxygen atoms in total. The fraction of sp³-hybridized carbons (Fsp3) is 0.737. The number of hydrogen-bond acceptors (Lipinski definition) is 4. The highest BCUT2D eigenvalue weighted by Gasteiger charge is 2.37. The fourth-order valence-corrected chi connectivity index (χ4v) is 5.04. The van der Waals surface area contributed by atoms with E-state index in [9.17, 15) is 4.79 Å². The van der Waals surface area contributed by atoms with Crippen LogP contribution in [0, 0.1) is 17.8 Å². The molecule has 1 aromatic rings. The van der Waals surface area contributed by atoms with Crippen molar-refractivity contribution in [3.63, 3.8) is 0 Å². The van der Waals surface area contributed by atoms with Gasteiger partial charge in [-0.3, -0.25) is 4.79 Å². The molecule has 3 aliphatic rings. The molecule has 0 spiro atoms. The van der Waals surface area contributed by atoms with Crippen LogP contribution in [-0.2, 0) is 17.8 Å². The van der Waals surface area contributed by atoms with Gasteiger partial charge in [-0.05, 0) is 31.1 Å². The molecule has 4 rings (SSSR count). The molecule has 0 N–H and O–H groups in total. The van der Waals surface area contributed by atoms with E-state index in [0.29, 0.717) is 18.3 Å². The number of nitrogens with zero attached hydrogens (tertiary/aromatic N) is 3. The minimum atomic E-state index is 0.224. The molecule has 3 atom stereocenters. The normalized spacial score (nSPS) is 29.5. The lowest BCUT2D eigenvalue weighted by atomic mass is 9.67. The number of methoxy groups -OCH3 is 1. The van der Waals surface area contributed by atoms with Gasteiger partial charge in [0.05, 0.1) is 24.9 Å². The second-order valence-corrected chi connectivity index (χ2v) is 7.63. The van der Waals surface area contributed by atoms with Gasteiger partial charge < -0.3 is 9.64 Å². The van der Waals surface area contributed by atoms with Crippen LogP contribution >= 0.6 is 0 Å². The summed E-state index contributed by atoms with van der Waals surface area (Å²) >= 11 is 0. The Morgan fingerprint density at radius 2 is 2.00 bits per heavy atom. The molecule has 1 aromatic heterocycles. The number of amides is 1. The van der Waals surface area contributed by atoms with Crippen LogP contribution in [-0.4, -0.2) is 34.4 Å². The van der Waals surface area contributed by atoms with Gasteiger partial charge in [0.25, 0.3) is 0 Å². The largest absolute Gasteiger partial charge is 0.481 e. The van der Waals surface area contributed by atoms with Crippen LogP contribution < -0.4 is 4.74 Å². The van der Waals surface area contributed by atoms with Crippen molar-refractivity contribution in [2.75, 3.05) is 13.7 Å². The van der Waals surface area contributed by atoms with E-state index >= 15 is 0 Å². The maximum atomic E-state index is 13.1. The smallest absolute Gasteiger partial charge is 0.226 e. The Bertz CT molecular complexity index is 604. The molecule has 3 unspecified atom stereocenters. The SMILES string of the molecule is COc1ncnc2c1CN(C(=O)C1CCC3CCCCC3C1)CC2. The van der Waals surface area contributed by atoms with Crippen molar-refractivity contribution in [2.24, 2.45) is 17.8 Å². The summed E-state index contributed by atoms with van der Waals surface area (Å²) in [5, 5.41) is 0. The molecule has 2 aliphatic carbocycles. The third-order valence-corrected chi connectivity index (χ3v) is 6.36. The summed E-state index contributed by atoms with van der Waals surface area (Å²) in [7, 11) is 1.63. The Balaban J connectivity index is 1.45. The van der Waals surface area contributed by atoms with E-state index in [-0.39, 0.29) is 5.92 Å². The molecule has 2 fully saturated rings. The van der Waals surface area contributed by atoms with Crippen molar-refractivity contribution in [2.45, 2.75) is 57.9 Å². The molecule has 5 heteroatoms. The highest BCUT2D eigenvalue weighted by molar-refractivity contribution is 5.79. The number of aromatic nitrogens is 2. The van der Waals surface area contributed by atoms with Crippen LogP contribution in [0.3, 0.4) is 0 Å². The standard InChI is InChI=1S/C19H27N3O2/c1-24-18-16-11-22(9-8-17(16)20-12-21-18)19(23)15-7-6-13-4-2-3-5-14(13)10-15/h12-15H,2-11H2,1H3. The lowest BCUT2D eigenvalue weighted by Crippen LogP contribution is -2.43. The van der Waals surface area contributed by atoms with E-state index in [2.05, 4.69) is 9.97 Å². The fourth-order valence-electron chi connectivity index (χ4n) is 5.04. The quantitative estimate of drug-likeness (QED) is 0.837. The number of carbonyl (C=O) groups is 1. The zero-order chi connectivity index (χ0) is 16.5. The van der Waals surface area contributed by atoms with Crippen LogP contribution in [0.2, 0.25) is 0 Å². The maximum Gasteiger partial charge on any atom is 0.226 e. The monoisotopic (exact) mass is 329 g/mol. The van der Waals surface area contributed by atoms with Crippen LogP contribution in [0.15, 0.2) is 6.33 Å². The van der Waals surface area contributed by atoms with Gasteiger partial charge in [-0.15, -0.1) is 0 Å². The van der Waals surface area contributed by atoms with E-state index in [1.807, 2.05) is 4.90 Å². The van der Waals surface area contributed by atoms with Gasteiger partial charge in [0.15, 0.2) is 0 Å². The number of fused-ring (bicyclic) bond motifs is 2. The van der Waals surface area contributed by atoms with Gasteiger partial charge in [0, 0.05) is 18.9 Å². The van der Waals surface area contributed by atoms with Gasteiger partial charge in [-0.25, -0.2) is 9.97 Å². The summed E-state index contributed by atoms with van der Waals surface area (Å²) in [6.45, 7) is 1.37. The molecule has 0 saturated heterocycles. The van der Waals surface area contributed by atoms with E-state index in [1.54, 1.807) is 13.4 Å².